The predicted molar refractivity (Wildman–Crippen MR) is 91.5 cm³/mol. The quantitative estimate of drug-likeness (QED) is 0.928. The molecule has 1 aromatic rings. The molecule has 1 aliphatic rings. The van der Waals surface area contributed by atoms with Gasteiger partial charge >= 0.3 is 0 Å². The molecule has 0 saturated carbocycles. The second-order valence-electron chi connectivity index (χ2n) is 8.15. The minimum atomic E-state index is -0.413. The van der Waals surface area contributed by atoms with Crippen molar-refractivity contribution in [2.75, 3.05) is 13.1 Å². The van der Waals surface area contributed by atoms with Crippen molar-refractivity contribution < 1.29 is 4.79 Å². The van der Waals surface area contributed by atoms with E-state index in [2.05, 4.69) is 37.3 Å². The Morgan fingerprint density at radius 2 is 1.95 bits per heavy atom. The van der Waals surface area contributed by atoms with Crippen LogP contribution in [0.1, 0.15) is 46.1 Å². The molecule has 3 nitrogen and oxygen atoms in total. The number of hydrogen-bond acceptors (Lipinski definition) is 2. The number of carbonyl (C=O) groups excluding carboxylic acids is 1. The third kappa shape index (κ3) is 4.10. The first-order valence-corrected chi connectivity index (χ1v) is 8.30. The van der Waals surface area contributed by atoms with E-state index in [1.165, 1.54) is 5.56 Å². The van der Waals surface area contributed by atoms with Gasteiger partial charge in [0.25, 0.3) is 0 Å². The van der Waals surface area contributed by atoms with Gasteiger partial charge in [-0.3, -0.25) is 4.79 Å². The summed E-state index contributed by atoms with van der Waals surface area (Å²) in [5, 5.41) is 0. The number of likely N-dealkylation sites (tertiary alicyclic amines) is 1. The van der Waals surface area contributed by atoms with Crippen LogP contribution in [-0.2, 0) is 11.2 Å². The van der Waals surface area contributed by atoms with Crippen molar-refractivity contribution in [1.29, 1.82) is 0 Å². The molecule has 0 radical (unpaired) electrons. The number of aryl methyl sites for hydroxylation is 1. The molecule has 1 saturated heterocycles. The summed E-state index contributed by atoms with van der Waals surface area (Å²) < 4.78 is 0. The summed E-state index contributed by atoms with van der Waals surface area (Å²) in [5.41, 5.74) is 7.54. The highest BCUT2D eigenvalue weighted by Crippen LogP contribution is 2.35. The van der Waals surface area contributed by atoms with Gasteiger partial charge < -0.3 is 10.6 Å². The Labute approximate surface area is 134 Å². The van der Waals surface area contributed by atoms with E-state index in [-0.39, 0.29) is 16.7 Å². The monoisotopic (exact) mass is 302 g/mol. The Bertz CT molecular complexity index is 506. The maximum atomic E-state index is 12.6. The molecular weight excluding hydrogens is 272 g/mol. The molecule has 2 N–H and O–H groups in total. The molecule has 1 aliphatic heterocycles. The number of nitrogens with zero attached hydrogens (tertiary/aromatic N) is 1. The molecule has 122 valence electrons. The summed E-state index contributed by atoms with van der Waals surface area (Å²) in [4.78, 5) is 14.5. The Balaban J connectivity index is 1.92. The first kappa shape index (κ1) is 17.0. The minimum absolute atomic E-state index is 0.107. The zero-order valence-corrected chi connectivity index (χ0v) is 14.4. The second kappa shape index (κ2) is 6.41. The second-order valence-corrected chi connectivity index (χ2v) is 8.15. The molecule has 0 bridgehead atoms. The summed E-state index contributed by atoms with van der Waals surface area (Å²) in [6.07, 6.45) is 3.26. The first-order valence-electron chi connectivity index (χ1n) is 8.30. The van der Waals surface area contributed by atoms with E-state index in [1.54, 1.807) is 0 Å². The van der Waals surface area contributed by atoms with Crippen molar-refractivity contribution in [2.24, 2.45) is 16.6 Å². The van der Waals surface area contributed by atoms with E-state index >= 15 is 0 Å². The zero-order chi connectivity index (χ0) is 16.4. The molecule has 22 heavy (non-hydrogen) atoms. The van der Waals surface area contributed by atoms with Gasteiger partial charge in [0, 0.05) is 13.1 Å². The Hall–Kier alpha value is -1.35. The van der Waals surface area contributed by atoms with Crippen LogP contribution in [0.5, 0.6) is 0 Å². The van der Waals surface area contributed by atoms with E-state index < -0.39 is 6.04 Å². The molecule has 1 unspecified atom stereocenters. The van der Waals surface area contributed by atoms with Gasteiger partial charge in [0.15, 0.2) is 0 Å². The fraction of sp³-hybridized carbons (Fsp3) is 0.632. The molecule has 3 heteroatoms. The molecule has 2 rings (SSSR count). The third-order valence-electron chi connectivity index (χ3n) is 4.93. The fourth-order valence-electron chi connectivity index (χ4n) is 3.07. The molecule has 0 aromatic heterocycles. The molecule has 1 amide bonds. The average molecular weight is 302 g/mol. The minimum Gasteiger partial charge on any atom is -0.341 e. The van der Waals surface area contributed by atoms with Crippen LogP contribution >= 0.6 is 0 Å². The van der Waals surface area contributed by atoms with Crippen molar-refractivity contribution in [3.05, 3.63) is 35.9 Å². The number of amides is 1. The van der Waals surface area contributed by atoms with Crippen LogP contribution in [0.4, 0.5) is 0 Å². The number of nitrogens with two attached hydrogens (primary N) is 1. The van der Waals surface area contributed by atoms with E-state index in [4.69, 9.17) is 5.73 Å². The van der Waals surface area contributed by atoms with Crippen molar-refractivity contribution in [1.82, 2.24) is 4.90 Å². The molecule has 0 aliphatic carbocycles. The van der Waals surface area contributed by atoms with Gasteiger partial charge in [-0.25, -0.2) is 0 Å². The molecule has 1 aromatic carbocycles. The van der Waals surface area contributed by atoms with Crippen LogP contribution in [-0.4, -0.2) is 29.9 Å². The van der Waals surface area contributed by atoms with Gasteiger partial charge in [0.2, 0.25) is 5.91 Å². The summed E-state index contributed by atoms with van der Waals surface area (Å²) >= 11 is 0. The van der Waals surface area contributed by atoms with Gasteiger partial charge in [0.05, 0.1) is 6.04 Å². The largest absolute Gasteiger partial charge is 0.341 e. The fourth-order valence-corrected chi connectivity index (χ4v) is 3.07. The van der Waals surface area contributed by atoms with Crippen molar-refractivity contribution >= 4 is 5.91 Å². The zero-order valence-electron chi connectivity index (χ0n) is 14.4. The van der Waals surface area contributed by atoms with Gasteiger partial charge in [-0.15, -0.1) is 0 Å². The lowest BCUT2D eigenvalue weighted by molar-refractivity contribution is -0.134. The third-order valence-corrected chi connectivity index (χ3v) is 4.93. The Kier molecular flexibility index (Phi) is 4.96. The Morgan fingerprint density at radius 3 is 2.55 bits per heavy atom. The maximum absolute atomic E-state index is 12.6. The van der Waals surface area contributed by atoms with Gasteiger partial charge in [-0.05, 0) is 35.7 Å². The van der Waals surface area contributed by atoms with Crippen LogP contribution < -0.4 is 5.73 Å². The number of rotatable bonds is 4. The van der Waals surface area contributed by atoms with Crippen molar-refractivity contribution in [3.8, 4) is 0 Å². The number of benzene rings is 1. The normalized spacial score (nSPS) is 23.6. The molecular formula is C19H30N2O. The lowest BCUT2D eigenvalue weighted by Gasteiger charge is -2.31. The lowest BCUT2D eigenvalue weighted by Crippen LogP contribution is -2.50. The summed E-state index contributed by atoms with van der Waals surface area (Å²) in [5.74, 6) is 0.107. The maximum Gasteiger partial charge on any atom is 0.240 e. The highest BCUT2D eigenvalue weighted by Gasteiger charge is 2.39. The molecule has 1 fully saturated rings. The summed E-state index contributed by atoms with van der Waals surface area (Å²) in [6.45, 7) is 10.1. The van der Waals surface area contributed by atoms with Gasteiger partial charge in [-0.1, -0.05) is 58.0 Å². The molecule has 2 atom stereocenters. The average Bonchev–Trinajstić information content (AvgIpc) is 2.87. The molecule has 0 spiro atoms. The van der Waals surface area contributed by atoms with Crippen molar-refractivity contribution in [2.45, 2.75) is 53.0 Å². The van der Waals surface area contributed by atoms with Crippen LogP contribution in [0, 0.1) is 10.8 Å². The highest BCUT2D eigenvalue weighted by atomic mass is 16.2. The van der Waals surface area contributed by atoms with Crippen LogP contribution in [0.15, 0.2) is 30.3 Å². The first-order chi connectivity index (χ1) is 10.2. The smallest absolute Gasteiger partial charge is 0.240 e. The van der Waals surface area contributed by atoms with E-state index in [0.717, 1.165) is 32.4 Å². The lowest BCUT2D eigenvalue weighted by atomic mass is 9.83. The van der Waals surface area contributed by atoms with Crippen LogP contribution in [0.2, 0.25) is 0 Å². The highest BCUT2D eigenvalue weighted by molar-refractivity contribution is 5.82. The van der Waals surface area contributed by atoms with Gasteiger partial charge in [0.1, 0.15) is 0 Å². The predicted octanol–water partition coefficient (Wildman–Crippen LogP) is 3.23. The van der Waals surface area contributed by atoms with Crippen LogP contribution in [0.3, 0.4) is 0 Å². The number of carbonyl (C=O) groups is 1. The van der Waals surface area contributed by atoms with Crippen molar-refractivity contribution in [3.63, 3.8) is 0 Å². The van der Waals surface area contributed by atoms with E-state index in [0.29, 0.717) is 0 Å². The molecule has 1 heterocycles. The standard InChI is InChI=1S/C19H30N2O/c1-18(2,3)16(20)17(22)21-13-12-19(4,14-21)11-10-15-8-6-5-7-9-15/h5-9,16H,10-14,20H2,1-4H3/t16-,19?/m1/s1. The SMILES string of the molecule is CC1(CCc2ccccc2)CCN(C(=O)[C@@H](N)C(C)(C)C)C1. The summed E-state index contributed by atoms with van der Waals surface area (Å²) in [6, 6.07) is 10.2. The van der Waals surface area contributed by atoms with Gasteiger partial charge in [-0.2, -0.15) is 0 Å². The van der Waals surface area contributed by atoms with E-state index in [1.807, 2.05) is 25.7 Å². The number of hydrogen-bond donors (Lipinski definition) is 1. The van der Waals surface area contributed by atoms with E-state index in [9.17, 15) is 4.79 Å². The summed E-state index contributed by atoms with van der Waals surface area (Å²) in [7, 11) is 0. The topological polar surface area (TPSA) is 46.3 Å². The van der Waals surface area contributed by atoms with Crippen LogP contribution in [0.25, 0.3) is 0 Å². The Morgan fingerprint density at radius 1 is 1.32 bits per heavy atom.